The van der Waals surface area contributed by atoms with Gasteiger partial charge in [0.15, 0.2) is 0 Å². The van der Waals surface area contributed by atoms with Crippen LogP contribution in [-0.4, -0.2) is 19.9 Å². The second-order valence-corrected chi connectivity index (χ2v) is 2.59. The normalized spacial score (nSPS) is 11.2. The fourth-order valence-electron chi connectivity index (χ4n) is 1.02. The minimum atomic E-state index is 0.842. The molecular formula is C10H13NO2. The molecule has 0 aliphatic carbocycles. The van der Waals surface area contributed by atoms with E-state index < -0.39 is 0 Å². The molecule has 0 aliphatic heterocycles. The molecule has 1 aromatic rings. The molecule has 1 aromatic carbocycles. The van der Waals surface area contributed by atoms with Crippen LogP contribution in [0.4, 0.5) is 0 Å². The highest BCUT2D eigenvalue weighted by molar-refractivity contribution is 5.98. The lowest BCUT2D eigenvalue weighted by Crippen LogP contribution is -1.95. The first-order chi connectivity index (χ1) is 6.27. The van der Waals surface area contributed by atoms with Gasteiger partial charge in [-0.3, -0.25) is 0 Å². The van der Waals surface area contributed by atoms with E-state index in [1.54, 1.807) is 7.11 Å². The summed E-state index contributed by atoms with van der Waals surface area (Å²) >= 11 is 0. The molecule has 3 nitrogen and oxygen atoms in total. The highest BCUT2D eigenvalue weighted by Crippen LogP contribution is 2.11. The third-order valence-corrected chi connectivity index (χ3v) is 1.74. The number of hydrogen-bond donors (Lipinski definition) is 0. The second-order valence-electron chi connectivity index (χ2n) is 2.59. The van der Waals surface area contributed by atoms with Gasteiger partial charge in [-0.15, -0.1) is 0 Å². The van der Waals surface area contributed by atoms with E-state index in [0.717, 1.165) is 17.0 Å². The third-order valence-electron chi connectivity index (χ3n) is 1.74. The van der Waals surface area contributed by atoms with E-state index in [2.05, 4.69) is 9.99 Å². The van der Waals surface area contributed by atoms with Crippen molar-refractivity contribution in [2.45, 2.75) is 6.92 Å². The molecule has 0 amide bonds. The number of rotatable bonds is 3. The maximum Gasteiger partial charge on any atom is 0.118 e. The molecule has 0 saturated carbocycles. The molecule has 13 heavy (non-hydrogen) atoms. The summed E-state index contributed by atoms with van der Waals surface area (Å²) in [6.07, 6.45) is 0. The first-order valence-corrected chi connectivity index (χ1v) is 4.00. The number of oxime groups is 1. The van der Waals surface area contributed by atoms with E-state index in [0.29, 0.717) is 0 Å². The van der Waals surface area contributed by atoms with E-state index in [-0.39, 0.29) is 0 Å². The molecule has 70 valence electrons. The van der Waals surface area contributed by atoms with Crippen molar-refractivity contribution in [2.24, 2.45) is 5.16 Å². The van der Waals surface area contributed by atoms with Gasteiger partial charge in [0, 0.05) is 0 Å². The molecule has 0 fully saturated rings. The molecular weight excluding hydrogens is 166 g/mol. The lowest BCUT2D eigenvalue weighted by atomic mass is 10.1. The Kier molecular flexibility index (Phi) is 3.31. The Balaban J connectivity index is 2.85. The van der Waals surface area contributed by atoms with Crippen molar-refractivity contribution in [3.05, 3.63) is 29.8 Å². The Morgan fingerprint density at radius 1 is 1.15 bits per heavy atom. The van der Waals surface area contributed by atoms with Crippen LogP contribution in [0.5, 0.6) is 5.75 Å². The molecule has 0 bridgehead atoms. The van der Waals surface area contributed by atoms with E-state index in [4.69, 9.17) is 4.74 Å². The minimum absolute atomic E-state index is 0.842. The van der Waals surface area contributed by atoms with Gasteiger partial charge < -0.3 is 9.57 Å². The Hall–Kier alpha value is -1.51. The van der Waals surface area contributed by atoms with Crippen LogP contribution >= 0.6 is 0 Å². The van der Waals surface area contributed by atoms with Crippen LogP contribution in [0, 0.1) is 0 Å². The quantitative estimate of drug-likeness (QED) is 0.525. The van der Waals surface area contributed by atoms with E-state index in [1.165, 1.54) is 7.11 Å². The zero-order valence-electron chi connectivity index (χ0n) is 8.07. The van der Waals surface area contributed by atoms with Crippen LogP contribution in [-0.2, 0) is 4.84 Å². The Bertz CT molecular complexity index is 290. The van der Waals surface area contributed by atoms with Crippen molar-refractivity contribution in [3.8, 4) is 5.75 Å². The lowest BCUT2D eigenvalue weighted by Gasteiger charge is -2.01. The van der Waals surface area contributed by atoms with E-state index in [1.807, 2.05) is 31.2 Å². The maximum absolute atomic E-state index is 5.04. The van der Waals surface area contributed by atoms with Gasteiger partial charge in [0.1, 0.15) is 12.9 Å². The molecule has 0 radical (unpaired) electrons. The maximum atomic E-state index is 5.04. The molecule has 1 rings (SSSR count). The summed E-state index contributed by atoms with van der Waals surface area (Å²) < 4.78 is 5.04. The first-order valence-electron chi connectivity index (χ1n) is 4.00. The molecule has 0 N–H and O–H groups in total. The summed E-state index contributed by atoms with van der Waals surface area (Å²) in [4.78, 5) is 4.67. The average molecular weight is 179 g/mol. The van der Waals surface area contributed by atoms with Gasteiger partial charge in [-0.1, -0.05) is 5.16 Å². The van der Waals surface area contributed by atoms with Gasteiger partial charge in [0.25, 0.3) is 0 Å². The number of methoxy groups -OCH3 is 1. The number of benzene rings is 1. The molecule has 0 spiro atoms. The Morgan fingerprint density at radius 3 is 2.23 bits per heavy atom. The topological polar surface area (TPSA) is 30.8 Å². The van der Waals surface area contributed by atoms with Crippen molar-refractivity contribution < 1.29 is 9.57 Å². The fourth-order valence-corrected chi connectivity index (χ4v) is 1.02. The number of nitrogens with zero attached hydrogens (tertiary/aromatic N) is 1. The summed E-state index contributed by atoms with van der Waals surface area (Å²) in [7, 11) is 3.18. The van der Waals surface area contributed by atoms with Crippen LogP contribution in [0.25, 0.3) is 0 Å². The summed E-state index contributed by atoms with van der Waals surface area (Å²) in [5.41, 5.74) is 1.88. The smallest absolute Gasteiger partial charge is 0.118 e. The van der Waals surface area contributed by atoms with Gasteiger partial charge in [-0.25, -0.2) is 0 Å². The third kappa shape index (κ3) is 2.47. The zero-order valence-corrected chi connectivity index (χ0v) is 8.07. The van der Waals surface area contributed by atoms with Gasteiger partial charge >= 0.3 is 0 Å². The van der Waals surface area contributed by atoms with Crippen LogP contribution in [0.3, 0.4) is 0 Å². The van der Waals surface area contributed by atoms with Crippen molar-refractivity contribution in [3.63, 3.8) is 0 Å². The summed E-state index contributed by atoms with van der Waals surface area (Å²) in [5.74, 6) is 0.842. The fraction of sp³-hybridized carbons (Fsp3) is 0.300. The molecule has 0 atom stereocenters. The van der Waals surface area contributed by atoms with Crippen molar-refractivity contribution in [2.75, 3.05) is 14.2 Å². The lowest BCUT2D eigenvalue weighted by molar-refractivity contribution is 0.213. The number of ether oxygens (including phenoxy) is 1. The Labute approximate surface area is 78.0 Å². The molecule has 0 unspecified atom stereocenters. The summed E-state index contributed by atoms with van der Waals surface area (Å²) in [6.45, 7) is 1.89. The second kappa shape index (κ2) is 4.50. The van der Waals surface area contributed by atoms with Crippen LogP contribution in [0.15, 0.2) is 29.4 Å². The number of hydrogen-bond acceptors (Lipinski definition) is 3. The van der Waals surface area contributed by atoms with E-state index >= 15 is 0 Å². The van der Waals surface area contributed by atoms with Crippen LogP contribution in [0.1, 0.15) is 12.5 Å². The monoisotopic (exact) mass is 179 g/mol. The van der Waals surface area contributed by atoms with Crippen molar-refractivity contribution >= 4 is 5.71 Å². The zero-order chi connectivity index (χ0) is 9.68. The molecule has 0 saturated heterocycles. The SMILES string of the molecule is CO/N=C(/C)c1ccc(OC)cc1. The predicted octanol–water partition coefficient (Wildman–Crippen LogP) is 2.07. The summed E-state index contributed by atoms with van der Waals surface area (Å²) in [5, 5.41) is 3.83. The molecule has 0 heterocycles. The minimum Gasteiger partial charge on any atom is -0.497 e. The summed E-state index contributed by atoms with van der Waals surface area (Å²) in [6, 6.07) is 7.67. The first kappa shape index (κ1) is 9.58. The van der Waals surface area contributed by atoms with Crippen LogP contribution < -0.4 is 4.74 Å². The van der Waals surface area contributed by atoms with Crippen LogP contribution in [0.2, 0.25) is 0 Å². The van der Waals surface area contributed by atoms with Gasteiger partial charge in [0.05, 0.1) is 12.8 Å². The van der Waals surface area contributed by atoms with E-state index in [9.17, 15) is 0 Å². The largest absolute Gasteiger partial charge is 0.497 e. The van der Waals surface area contributed by atoms with Crippen molar-refractivity contribution in [1.82, 2.24) is 0 Å². The standard InChI is InChI=1S/C10H13NO2/c1-8(11-13-3)9-4-6-10(12-2)7-5-9/h4-7H,1-3H3/b11-8-. The van der Waals surface area contributed by atoms with Gasteiger partial charge in [0.2, 0.25) is 0 Å². The van der Waals surface area contributed by atoms with Gasteiger partial charge in [-0.2, -0.15) is 0 Å². The van der Waals surface area contributed by atoms with Gasteiger partial charge in [-0.05, 0) is 36.8 Å². The highest BCUT2D eigenvalue weighted by atomic mass is 16.6. The van der Waals surface area contributed by atoms with Crippen molar-refractivity contribution in [1.29, 1.82) is 0 Å². The molecule has 3 heteroatoms. The average Bonchev–Trinajstić information content (AvgIpc) is 2.18. The highest BCUT2D eigenvalue weighted by Gasteiger charge is 1.97. The predicted molar refractivity (Wildman–Crippen MR) is 52.2 cm³/mol. The molecule has 0 aromatic heterocycles. The molecule has 0 aliphatic rings. The Morgan fingerprint density at radius 2 is 1.77 bits per heavy atom.